The zero-order valence-corrected chi connectivity index (χ0v) is 41.3. The fourth-order valence-electron chi connectivity index (χ4n) is 4.14. The smallest absolute Gasteiger partial charge is 0.397 e. The van der Waals surface area contributed by atoms with Crippen molar-refractivity contribution in [3.63, 3.8) is 0 Å². The maximum Gasteiger partial charge on any atom is 2.00 e. The zero-order valence-electron chi connectivity index (χ0n) is 37.2. The Balaban J connectivity index is -0.000000781. The third-order valence-electron chi connectivity index (χ3n) is 6.47. The van der Waals surface area contributed by atoms with E-state index in [2.05, 4.69) is 45.2 Å². The van der Waals surface area contributed by atoms with Crippen molar-refractivity contribution in [1.82, 2.24) is 39.9 Å². The number of aromatic nitrogens is 8. The van der Waals surface area contributed by atoms with Crippen LogP contribution in [0.15, 0.2) is 195 Å². The SMILES string of the molecule is CCO.N#C[N-]C#N.[Cu+2].[Cu+2].[O-][Cl+3]([O-])([O-])[O-].[O-][Cl+3]([O-])([O-])[O-].[O-][Cl+3]([O-])([O-])[O-].c1ccc(-c2ccccn2)nc1.c1ccc(-c2ccccn2)nc1.c1ccc(-c2ccccn2)nc1.c1ccc(-c2ccccn2)nc1. The molecule has 8 rings (SSSR count). The normalized spacial score (nSPS) is 9.32. The van der Waals surface area contributed by atoms with Crippen LogP contribution in [0.5, 0.6) is 0 Å². The number of nitriles is 2. The number of pyridine rings is 8. The van der Waals surface area contributed by atoms with E-state index in [0.29, 0.717) is 0 Å². The summed E-state index contributed by atoms with van der Waals surface area (Å²) in [7, 11) is -14.8. The van der Waals surface area contributed by atoms with Crippen LogP contribution in [0.2, 0.25) is 0 Å². The fraction of sp³-hybridized carbons (Fsp3) is 0.0455. The van der Waals surface area contributed by atoms with Gasteiger partial charge in [0.05, 0.1) is 45.6 Å². The van der Waals surface area contributed by atoms with E-state index in [1.54, 1.807) is 56.5 Å². The van der Waals surface area contributed by atoms with Crippen LogP contribution in [-0.4, -0.2) is 51.6 Å². The molecule has 73 heavy (non-hydrogen) atoms. The molecule has 390 valence electrons. The molecule has 0 amide bonds. The molecule has 0 saturated carbocycles. The van der Waals surface area contributed by atoms with E-state index < -0.39 is 30.7 Å². The molecule has 2 radical (unpaired) electrons. The van der Waals surface area contributed by atoms with E-state index in [9.17, 15) is 0 Å². The van der Waals surface area contributed by atoms with Gasteiger partial charge in [0.15, 0.2) is 0 Å². The van der Waals surface area contributed by atoms with E-state index in [0.717, 1.165) is 45.6 Å². The third kappa shape index (κ3) is 46.2. The van der Waals surface area contributed by atoms with Gasteiger partial charge in [0.25, 0.3) is 0 Å². The molecule has 0 unspecified atom stereocenters. The van der Waals surface area contributed by atoms with Gasteiger partial charge in [0.1, 0.15) is 0 Å². The Labute approximate surface area is 445 Å². The van der Waals surface area contributed by atoms with Gasteiger partial charge >= 0.3 is 34.1 Å². The molecular weight excluding hydrogens is 1120 g/mol. The van der Waals surface area contributed by atoms with Gasteiger partial charge < -0.3 is 15.6 Å². The van der Waals surface area contributed by atoms with Gasteiger partial charge in [-0.2, -0.15) is 0 Å². The summed E-state index contributed by atoms with van der Waals surface area (Å²) in [5.74, 6) is 0. The largest absolute Gasteiger partial charge is 2.00 e. The van der Waals surface area contributed by atoms with E-state index >= 15 is 0 Å². The van der Waals surface area contributed by atoms with Crippen LogP contribution in [-0.2, 0) is 34.1 Å². The molecule has 0 aliphatic heterocycles. The standard InChI is InChI=1S/4C10H8N2.C2N3.C2H6O.3ClHO4.2Cu/c4*1-3-7-11-9(5-1)10-6-2-4-8-12-10;3-1-5-2-4;1-2-3;3*2-1(3,4)5;;/h4*1-8H;;3H,2H2,1H3;3*(H,2,3,4,5);;/q;;;;-1;;;;;2*+2/p-3. The molecule has 0 bridgehead atoms. The molecule has 8 heterocycles. The molecule has 29 heteroatoms. The van der Waals surface area contributed by atoms with Crippen molar-refractivity contribution >= 4 is 0 Å². The van der Waals surface area contributed by atoms with Gasteiger partial charge in [0, 0.05) is 68.6 Å². The summed E-state index contributed by atoms with van der Waals surface area (Å²) >= 11 is 0. The minimum absolute atomic E-state index is 0. The fourth-order valence-corrected chi connectivity index (χ4v) is 4.14. The second-order valence-electron chi connectivity index (χ2n) is 11.5. The molecular formula is C44H38Cl3Cu2N11O13. The van der Waals surface area contributed by atoms with Crippen molar-refractivity contribution in [2.45, 2.75) is 6.92 Å². The molecule has 8 aromatic heterocycles. The Hall–Kier alpha value is -6.63. The number of hydrogen-bond acceptors (Lipinski definition) is 23. The van der Waals surface area contributed by atoms with E-state index in [-0.39, 0.29) is 40.7 Å². The van der Waals surface area contributed by atoms with Gasteiger partial charge in [-0.1, -0.05) is 48.5 Å². The number of aliphatic hydroxyl groups is 1. The molecule has 0 aliphatic rings. The van der Waals surface area contributed by atoms with Crippen LogP contribution in [0, 0.1) is 53.6 Å². The maximum atomic E-state index is 8.49. The van der Waals surface area contributed by atoms with Gasteiger partial charge in [0.2, 0.25) is 0 Å². The molecule has 0 aliphatic carbocycles. The summed E-state index contributed by atoms with van der Waals surface area (Å²) in [6.07, 6.45) is 16.7. The second kappa shape index (κ2) is 43.0. The van der Waals surface area contributed by atoms with Crippen molar-refractivity contribution in [1.29, 1.82) is 10.5 Å². The first-order valence-electron chi connectivity index (χ1n) is 18.9. The predicted molar refractivity (Wildman–Crippen MR) is 217 cm³/mol. The summed E-state index contributed by atoms with van der Waals surface area (Å²) in [5, 5.41) is 25.0. The number of aliphatic hydroxyl groups excluding tert-OH is 1. The topological polar surface area (TPSA) is 462 Å². The molecule has 0 atom stereocenters. The Morgan fingerprint density at radius 3 is 0.507 bits per heavy atom. The van der Waals surface area contributed by atoms with Crippen LogP contribution >= 0.6 is 0 Å². The average molecular weight is 1160 g/mol. The van der Waals surface area contributed by atoms with Gasteiger partial charge in [-0.15, -0.1) is 30.7 Å². The van der Waals surface area contributed by atoms with E-state index in [1.807, 2.05) is 146 Å². The molecule has 8 aromatic rings. The zero-order chi connectivity index (χ0) is 53.2. The first kappa shape index (κ1) is 70.6. The first-order valence-corrected chi connectivity index (χ1v) is 22.6. The number of hydrogen-bond donors (Lipinski definition) is 1. The first-order chi connectivity index (χ1) is 33.7. The monoisotopic (exact) mass is 1160 g/mol. The molecule has 0 aromatic carbocycles. The molecule has 0 fully saturated rings. The number of nitrogens with zero attached hydrogens (tertiary/aromatic N) is 11. The van der Waals surface area contributed by atoms with Gasteiger partial charge in [-0.3, -0.25) is 45.2 Å². The Morgan fingerprint density at radius 2 is 0.452 bits per heavy atom. The van der Waals surface area contributed by atoms with Crippen LogP contribution in [0.25, 0.3) is 50.9 Å². The van der Waals surface area contributed by atoms with Gasteiger partial charge in [-0.05, 0) is 104 Å². The Bertz CT molecular complexity index is 2070. The quantitative estimate of drug-likeness (QED) is 0.127. The van der Waals surface area contributed by atoms with Crippen molar-refractivity contribution in [3.8, 4) is 57.9 Å². The van der Waals surface area contributed by atoms with E-state index in [1.165, 1.54) is 12.4 Å². The van der Waals surface area contributed by atoms with Crippen LogP contribution in [0.4, 0.5) is 0 Å². The Kier molecular flexibility index (Phi) is 41.6. The third-order valence-corrected chi connectivity index (χ3v) is 6.47. The summed E-state index contributed by atoms with van der Waals surface area (Å²) in [4.78, 5) is 33.5. The van der Waals surface area contributed by atoms with Crippen LogP contribution in [0.3, 0.4) is 0 Å². The van der Waals surface area contributed by atoms with Crippen molar-refractivity contribution in [2.24, 2.45) is 0 Å². The van der Waals surface area contributed by atoms with E-state index in [4.69, 9.17) is 71.5 Å². The van der Waals surface area contributed by atoms with Crippen molar-refractivity contribution < 1.29 is 126 Å². The van der Waals surface area contributed by atoms with Crippen molar-refractivity contribution in [3.05, 3.63) is 200 Å². The summed E-state index contributed by atoms with van der Waals surface area (Å²) in [5.41, 5.74) is 7.32. The molecule has 0 saturated heterocycles. The van der Waals surface area contributed by atoms with Gasteiger partial charge in [-0.25, -0.2) is 55.9 Å². The molecule has 24 nitrogen and oxygen atoms in total. The Morgan fingerprint density at radius 1 is 0.342 bits per heavy atom. The number of rotatable bonds is 4. The minimum Gasteiger partial charge on any atom is -0.397 e. The molecule has 0 spiro atoms. The summed E-state index contributed by atoms with van der Waals surface area (Å²) < 4.78 is 102. The molecule has 1 N–H and O–H groups in total. The predicted octanol–water partition coefficient (Wildman–Crippen LogP) is -5.38. The van der Waals surface area contributed by atoms with Crippen LogP contribution < -0.4 is 55.9 Å². The average Bonchev–Trinajstić information content (AvgIpc) is 3.36. The summed E-state index contributed by atoms with van der Waals surface area (Å²) in [6, 6.07) is 46.4. The number of halogens is 3. The van der Waals surface area contributed by atoms with Crippen LogP contribution in [0.1, 0.15) is 6.92 Å². The second-order valence-corrected chi connectivity index (χ2v) is 13.7. The van der Waals surface area contributed by atoms with Crippen molar-refractivity contribution in [2.75, 3.05) is 6.61 Å². The minimum atomic E-state index is -4.94. The maximum absolute atomic E-state index is 8.49. The summed E-state index contributed by atoms with van der Waals surface area (Å²) in [6.45, 7) is 1.93.